The SMILES string of the molecule is CNC(=O)Nc1nc2n(n1)C(c1ccc(C#N)cc1)C(C#N)=C(C)N2c1cccc(C(F)(F)F)c1. The molecule has 0 spiro atoms. The van der Waals surface area contributed by atoms with Crippen LogP contribution < -0.4 is 15.5 Å². The lowest BCUT2D eigenvalue weighted by Gasteiger charge is -2.34. The number of carbonyl (C=O) groups is 1. The molecular formula is C23H17F3N8O. The van der Waals surface area contributed by atoms with Crippen LogP contribution in [0.5, 0.6) is 0 Å². The fourth-order valence-electron chi connectivity index (χ4n) is 3.77. The number of aromatic nitrogens is 3. The number of carbonyl (C=O) groups excluding carboxylic acids is 1. The molecule has 0 radical (unpaired) electrons. The second-order valence-corrected chi connectivity index (χ2v) is 7.51. The number of amides is 2. The molecule has 2 heterocycles. The van der Waals surface area contributed by atoms with Gasteiger partial charge in [0.05, 0.1) is 28.8 Å². The van der Waals surface area contributed by atoms with Gasteiger partial charge in [0.15, 0.2) is 0 Å². The quantitative estimate of drug-likeness (QED) is 0.573. The lowest BCUT2D eigenvalue weighted by atomic mass is 9.95. The Labute approximate surface area is 197 Å². The van der Waals surface area contributed by atoms with Crippen LogP contribution >= 0.6 is 0 Å². The Hall–Kier alpha value is -4.84. The molecule has 1 aliphatic rings. The van der Waals surface area contributed by atoms with Gasteiger partial charge in [-0.15, -0.1) is 5.10 Å². The Balaban J connectivity index is 1.94. The minimum Gasteiger partial charge on any atom is -0.341 e. The second-order valence-electron chi connectivity index (χ2n) is 7.51. The van der Waals surface area contributed by atoms with E-state index in [0.29, 0.717) is 16.8 Å². The standard InChI is InChI=1S/C23H17F3N8O/c1-13-18(12-28)19(15-8-6-14(11-27)7-9-15)34-22(31-20(32-34)30-21(35)29-2)33(13)17-5-3-4-16(10-17)23(24,25)26/h3-10,19H,1-2H3,(H2,29,30,32,35). The minimum atomic E-state index is -4.58. The van der Waals surface area contributed by atoms with Gasteiger partial charge in [-0.2, -0.15) is 28.7 Å². The molecule has 1 aromatic heterocycles. The van der Waals surface area contributed by atoms with Gasteiger partial charge in [-0.25, -0.2) is 9.48 Å². The second kappa shape index (κ2) is 8.83. The zero-order valence-corrected chi connectivity index (χ0v) is 18.4. The molecule has 0 fully saturated rings. The number of halogens is 3. The van der Waals surface area contributed by atoms with Gasteiger partial charge >= 0.3 is 12.2 Å². The van der Waals surface area contributed by atoms with Crippen molar-refractivity contribution in [2.75, 3.05) is 17.3 Å². The van der Waals surface area contributed by atoms with Gasteiger partial charge < -0.3 is 5.32 Å². The first kappa shape index (κ1) is 23.3. The zero-order chi connectivity index (χ0) is 25.3. The molecule has 176 valence electrons. The van der Waals surface area contributed by atoms with Gasteiger partial charge in [0.2, 0.25) is 5.95 Å². The fraction of sp³-hybridized carbons (Fsp3) is 0.174. The highest BCUT2D eigenvalue weighted by Gasteiger charge is 2.37. The van der Waals surface area contributed by atoms with E-state index < -0.39 is 23.8 Å². The maximum Gasteiger partial charge on any atom is 0.416 e. The van der Waals surface area contributed by atoms with E-state index in [1.165, 1.54) is 28.8 Å². The van der Waals surface area contributed by atoms with E-state index in [2.05, 4.69) is 26.8 Å². The normalized spacial score (nSPS) is 15.2. The van der Waals surface area contributed by atoms with Gasteiger partial charge in [0, 0.05) is 18.4 Å². The third-order valence-electron chi connectivity index (χ3n) is 5.42. The summed E-state index contributed by atoms with van der Waals surface area (Å²) in [6.07, 6.45) is -4.58. The molecule has 0 saturated heterocycles. The first-order chi connectivity index (χ1) is 16.7. The van der Waals surface area contributed by atoms with E-state index >= 15 is 0 Å². The van der Waals surface area contributed by atoms with Crippen LogP contribution in [0.4, 0.5) is 35.5 Å². The number of nitrogens with one attached hydrogen (secondary N) is 2. The molecule has 3 aromatic rings. The molecule has 0 saturated carbocycles. The molecule has 1 unspecified atom stereocenters. The lowest BCUT2D eigenvalue weighted by molar-refractivity contribution is -0.137. The van der Waals surface area contributed by atoms with Crippen LogP contribution in [-0.4, -0.2) is 27.8 Å². The monoisotopic (exact) mass is 478 g/mol. The van der Waals surface area contributed by atoms with E-state index in [1.54, 1.807) is 31.2 Å². The summed E-state index contributed by atoms with van der Waals surface area (Å²) in [7, 11) is 1.40. The summed E-state index contributed by atoms with van der Waals surface area (Å²) < 4.78 is 41.6. The number of alkyl halides is 3. The van der Waals surface area contributed by atoms with Crippen molar-refractivity contribution in [1.29, 1.82) is 10.5 Å². The Morgan fingerprint density at radius 2 is 1.83 bits per heavy atom. The van der Waals surface area contributed by atoms with Crippen molar-refractivity contribution >= 4 is 23.6 Å². The first-order valence-corrected chi connectivity index (χ1v) is 10.2. The Bertz CT molecular complexity index is 1410. The van der Waals surface area contributed by atoms with Crippen LogP contribution in [0.25, 0.3) is 0 Å². The number of nitrogens with zero attached hydrogens (tertiary/aromatic N) is 6. The van der Waals surface area contributed by atoms with Crippen LogP contribution in [0.1, 0.15) is 29.7 Å². The van der Waals surface area contributed by atoms with Crippen molar-refractivity contribution in [3.8, 4) is 12.1 Å². The molecular weight excluding hydrogens is 461 g/mol. The number of hydrogen-bond donors (Lipinski definition) is 2. The Morgan fingerprint density at radius 3 is 2.43 bits per heavy atom. The first-order valence-electron chi connectivity index (χ1n) is 10.2. The number of anilines is 3. The molecule has 1 aliphatic heterocycles. The summed E-state index contributed by atoms with van der Waals surface area (Å²) in [5, 5.41) is 28.3. The van der Waals surface area contributed by atoms with E-state index in [4.69, 9.17) is 5.26 Å². The topological polar surface area (TPSA) is 123 Å². The predicted molar refractivity (Wildman–Crippen MR) is 119 cm³/mol. The third kappa shape index (κ3) is 4.25. The number of rotatable bonds is 3. The van der Waals surface area contributed by atoms with E-state index in [-0.39, 0.29) is 23.2 Å². The molecule has 2 N–H and O–H groups in total. The highest BCUT2D eigenvalue weighted by molar-refractivity contribution is 5.87. The molecule has 2 amide bonds. The average molecular weight is 478 g/mol. The molecule has 0 aliphatic carbocycles. The number of urea groups is 1. The van der Waals surface area contributed by atoms with Crippen LogP contribution in [0, 0.1) is 22.7 Å². The van der Waals surface area contributed by atoms with Crippen molar-refractivity contribution in [2.45, 2.75) is 19.1 Å². The average Bonchev–Trinajstić information content (AvgIpc) is 3.25. The number of hydrogen-bond acceptors (Lipinski definition) is 6. The van der Waals surface area contributed by atoms with E-state index in [1.807, 2.05) is 6.07 Å². The number of nitriles is 2. The van der Waals surface area contributed by atoms with Crippen molar-refractivity contribution in [3.63, 3.8) is 0 Å². The lowest BCUT2D eigenvalue weighted by Crippen LogP contribution is -2.31. The predicted octanol–water partition coefficient (Wildman–Crippen LogP) is 4.46. The molecule has 1 atom stereocenters. The van der Waals surface area contributed by atoms with Crippen LogP contribution in [0.2, 0.25) is 0 Å². The number of allylic oxidation sites excluding steroid dienone is 2. The molecule has 35 heavy (non-hydrogen) atoms. The summed E-state index contributed by atoms with van der Waals surface area (Å²) in [4.78, 5) is 17.6. The maximum absolute atomic E-state index is 13.4. The number of benzene rings is 2. The molecule has 4 rings (SSSR count). The highest BCUT2D eigenvalue weighted by Crippen LogP contribution is 2.43. The Morgan fingerprint density at radius 1 is 1.11 bits per heavy atom. The molecule has 0 bridgehead atoms. The largest absolute Gasteiger partial charge is 0.416 e. The van der Waals surface area contributed by atoms with Gasteiger partial charge in [-0.3, -0.25) is 10.2 Å². The third-order valence-corrected chi connectivity index (χ3v) is 5.42. The van der Waals surface area contributed by atoms with Crippen molar-refractivity contribution in [2.24, 2.45) is 0 Å². The fourth-order valence-corrected chi connectivity index (χ4v) is 3.77. The highest BCUT2D eigenvalue weighted by atomic mass is 19.4. The summed E-state index contributed by atoms with van der Waals surface area (Å²) in [5.41, 5.74) is 0.800. The molecule has 12 heteroatoms. The summed E-state index contributed by atoms with van der Waals surface area (Å²) >= 11 is 0. The van der Waals surface area contributed by atoms with Crippen LogP contribution in [0.3, 0.4) is 0 Å². The summed E-state index contributed by atoms with van der Waals surface area (Å²) in [5.74, 6) is -0.0106. The smallest absolute Gasteiger partial charge is 0.341 e. The summed E-state index contributed by atoms with van der Waals surface area (Å²) in [6.45, 7) is 1.60. The van der Waals surface area contributed by atoms with Gasteiger partial charge in [-0.05, 0) is 42.8 Å². The zero-order valence-electron chi connectivity index (χ0n) is 18.4. The summed E-state index contributed by atoms with van der Waals surface area (Å²) in [6, 6.07) is 13.9. The van der Waals surface area contributed by atoms with Crippen LogP contribution in [-0.2, 0) is 6.18 Å². The van der Waals surface area contributed by atoms with E-state index in [0.717, 1.165) is 12.1 Å². The maximum atomic E-state index is 13.4. The van der Waals surface area contributed by atoms with Gasteiger partial charge in [-0.1, -0.05) is 18.2 Å². The van der Waals surface area contributed by atoms with Crippen molar-refractivity contribution < 1.29 is 18.0 Å². The van der Waals surface area contributed by atoms with E-state index in [9.17, 15) is 23.2 Å². The van der Waals surface area contributed by atoms with Crippen molar-refractivity contribution in [3.05, 3.63) is 76.5 Å². The number of fused-ring (bicyclic) bond motifs is 1. The van der Waals surface area contributed by atoms with Gasteiger partial charge in [0.1, 0.15) is 6.04 Å². The van der Waals surface area contributed by atoms with Gasteiger partial charge in [0.25, 0.3) is 5.95 Å². The molecule has 9 nitrogen and oxygen atoms in total. The molecule has 2 aromatic carbocycles. The minimum absolute atomic E-state index is 0.0987. The Kier molecular flexibility index (Phi) is 5.89. The van der Waals surface area contributed by atoms with Crippen molar-refractivity contribution in [1.82, 2.24) is 20.1 Å². The van der Waals surface area contributed by atoms with Crippen LogP contribution in [0.15, 0.2) is 59.8 Å².